The SMILES string of the molecule is COc1ccc(C[C@H]2NC(=O)/C=C/C[C@@H]([C@H](C)[C@H]3O[C@@H]3c3ccccc3)OC(=O)[C@H](CC(C)C)OC(=O)[C@H](C(C)C)NC2=O)cc1Cl. The molecule has 0 spiro atoms. The van der Waals surface area contributed by atoms with Crippen LogP contribution in [0.1, 0.15) is 64.7 Å². The van der Waals surface area contributed by atoms with Crippen LogP contribution in [-0.4, -0.2) is 61.3 Å². The highest BCUT2D eigenvalue weighted by molar-refractivity contribution is 6.32. The first-order valence-electron chi connectivity index (χ1n) is 16.1. The number of nitrogens with one attached hydrogen (secondary N) is 2. The Kier molecular flexibility index (Phi) is 12.5. The molecule has 10 nitrogen and oxygen atoms in total. The topological polar surface area (TPSA) is 133 Å². The van der Waals surface area contributed by atoms with E-state index in [1.807, 2.05) is 51.1 Å². The zero-order valence-corrected chi connectivity index (χ0v) is 28.5. The van der Waals surface area contributed by atoms with Gasteiger partial charge in [-0.15, -0.1) is 0 Å². The molecule has 0 radical (unpaired) electrons. The molecular formula is C36H45ClN2O8. The molecule has 11 heteroatoms. The summed E-state index contributed by atoms with van der Waals surface area (Å²) in [5, 5.41) is 5.86. The Morgan fingerprint density at radius 3 is 2.30 bits per heavy atom. The van der Waals surface area contributed by atoms with E-state index in [-0.39, 0.29) is 49.2 Å². The Balaban J connectivity index is 1.63. The number of carbonyl (C=O) groups is 4. The van der Waals surface area contributed by atoms with Gasteiger partial charge in [-0.1, -0.05) is 88.7 Å². The molecule has 0 saturated carbocycles. The van der Waals surface area contributed by atoms with Crippen molar-refractivity contribution in [1.82, 2.24) is 10.6 Å². The summed E-state index contributed by atoms with van der Waals surface area (Å²) in [6.07, 6.45) is 1.23. The summed E-state index contributed by atoms with van der Waals surface area (Å²) in [5.41, 5.74) is 1.69. The van der Waals surface area contributed by atoms with Gasteiger partial charge < -0.3 is 29.6 Å². The van der Waals surface area contributed by atoms with Crippen molar-refractivity contribution in [2.75, 3.05) is 7.11 Å². The van der Waals surface area contributed by atoms with Crippen LogP contribution in [-0.2, 0) is 39.8 Å². The molecule has 0 aliphatic carbocycles. The third kappa shape index (κ3) is 9.81. The lowest BCUT2D eigenvalue weighted by Crippen LogP contribution is -2.54. The number of carbonyl (C=O) groups excluding carboxylic acids is 4. The molecule has 7 atom stereocenters. The Bertz CT molecular complexity index is 1450. The van der Waals surface area contributed by atoms with E-state index >= 15 is 0 Å². The number of hydrogen-bond donors (Lipinski definition) is 2. The Morgan fingerprint density at radius 2 is 1.66 bits per heavy atom. The fourth-order valence-corrected chi connectivity index (χ4v) is 5.92. The van der Waals surface area contributed by atoms with Gasteiger partial charge in [-0.3, -0.25) is 9.59 Å². The maximum atomic E-state index is 13.6. The number of rotatable bonds is 9. The van der Waals surface area contributed by atoms with Crippen molar-refractivity contribution < 1.29 is 38.1 Å². The van der Waals surface area contributed by atoms with Crippen LogP contribution in [0.3, 0.4) is 0 Å². The fourth-order valence-electron chi connectivity index (χ4n) is 5.64. The molecule has 4 rings (SSSR count). The van der Waals surface area contributed by atoms with E-state index in [1.54, 1.807) is 38.1 Å². The van der Waals surface area contributed by atoms with Gasteiger partial charge in [-0.2, -0.15) is 0 Å². The van der Waals surface area contributed by atoms with Crippen LogP contribution in [0.2, 0.25) is 5.02 Å². The van der Waals surface area contributed by atoms with E-state index in [2.05, 4.69) is 10.6 Å². The molecular weight excluding hydrogens is 624 g/mol. The third-order valence-corrected chi connectivity index (χ3v) is 8.67. The summed E-state index contributed by atoms with van der Waals surface area (Å²) in [6, 6.07) is 12.7. The number of cyclic esters (lactones) is 2. The van der Waals surface area contributed by atoms with Gasteiger partial charge in [0.1, 0.15) is 30.0 Å². The second-order valence-electron chi connectivity index (χ2n) is 12.9. The van der Waals surface area contributed by atoms with Gasteiger partial charge in [0, 0.05) is 18.8 Å². The minimum Gasteiger partial charge on any atom is -0.495 e. The molecule has 2 N–H and O–H groups in total. The molecule has 47 heavy (non-hydrogen) atoms. The number of methoxy groups -OCH3 is 1. The number of hydrogen-bond acceptors (Lipinski definition) is 8. The molecule has 0 aromatic heterocycles. The van der Waals surface area contributed by atoms with Crippen LogP contribution >= 0.6 is 11.6 Å². The van der Waals surface area contributed by atoms with Gasteiger partial charge in [0.15, 0.2) is 6.10 Å². The highest BCUT2D eigenvalue weighted by Crippen LogP contribution is 2.45. The van der Waals surface area contributed by atoms with Gasteiger partial charge >= 0.3 is 11.9 Å². The summed E-state index contributed by atoms with van der Waals surface area (Å²) >= 11 is 6.33. The lowest BCUT2D eigenvalue weighted by molar-refractivity contribution is -0.176. The van der Waals surface area contributed by atoms with E-state index in [9.17, 15) is 19.2 Å². The van der Waals surface area contributed by atoms with Gasteiger partial charge in [0.05, 0.1) is 18.2 Å². The molecule has 2 heterocycles. The van der Waals surface area contributed by atoms with Crippen molar-refractivity contribution in [3.63, 3.8) is 0 Å². The van der Waals surface area contributed by atoms with E-state index in [0.717, 1.165) is 5.56 Å². The quantitative estimate of drug-likeness (QED) is 0.278. The zero-order chi connectivity index (χ0) is 34.2. The number of epoxide rings is 1. The summed E-state index contributed by atoms with van der Waals surface area (Å²) in [5.74, 6) is -2.72. The lowest BCUT2D eigenvalue weighted by Gasteiger charge is -2.28. The van der Waals surface area contributed by atoms with E-state index in [1.165, 1.54) is 13.2 Å². The zero-order valence-electron chi connectivity index (χ0n) is 27.7. The second-order valence-corrected chi connectivity index (χ2v) is 13.3. The number of amides is 2. The molecule has 0 unspecified atom stereocenters. The minimum absolute atomic E-state index is 0.00189. The summed E-state index contributed by atoms with van der Waals surface area (Å²) in [7, 11) is 1.50. The van der Waals surface area contributed by atoms with Crippen LogP contribution in [0.4, 0.5) is 0 Å². The molecule has 254 valence electrons. The average Bonchev–Trinajstić information content (AvgIpc) is 3.83. The highest BCUT2D eigenvalue weighted by Gasteiger charge is 2.47. The normalized spacial score (nSPS) is 27.1. The first kappa shape index (κ1) is 36.0. The number of halogens is 1. The van der Waals surface area contributed by atoms with Crippen molar-refractivity contribution in [2.24, 2.45) is 17.8 Å². The van der Waals surface area contributed by atoms with Crippen molar-refractivity contribution in [3.8, 4) is 5.75 Å². The highest BCUT2D eigenvalue weighted by atomic mass is 35.5. The van der Waals surface area contributed by atoms with Gasteiger partial charge in [0.2, 0.25) is 11.8 Å². The smallest absolute Gasteiger partial charge is 0.347 e. The van der Waals surface area contributed by atoms with Gasteiger partial charge in [-0.05, 0) is 47.6 Å². The van der Waals surface area contributed by atoms with Crippen LogP contribution in [0.15, 0.2) is 60.7 Å². The largest absolute Gasteiger partial charge is 0.495 e. The molecule has 2 aromatic rings. The molecule has 1 saturated heterocycles. The minimum atomic E-state index is -1.19. The van der Waals surface area contributed by atoms with Crippen molar-refractivity contribution in [1.29, 1.82) is 0 Å². The standard InChI is InChI=1S/C36H45ClN2O8/c1-20(2)17-29-35(42)45-27(22(5)32-33(47-32)24-11-8-7-9-12-24)13-10-14-30(40)38-26(19-23-15-16-28(44-6)25(37)18-23)34(41)39-31(21(3)4)36(43)46-29/h7-12,14-16,18,20-22,26-27,29,31-33H,13,17,19H2,1-6H3,(H,38,40)(H,39,41)/b14-10+/t22-,26+,27-,29-,31-,32+,33+/m0/s1. The molecule has 2 aromatic carbocycles. The number of ether oxygens (including phenoxy) is 4. The Morgan fingerprint density at radius 1 is 0.936 bits per heavy atom. The van der Waals surface area contributed by atoms with E-state index in [4.69, 9.17) is 30.5 Å². The summed E-state index contributed by atoms with van der Waals surface area (Å²) < 4.78 is 23.1. The van der Waals surface area contributed by atoms with Gasteiger partial charge in [-0.25, -0.2) is 9.59 Å². The first-order chi connectivity index (χ1) is 22.4. The van der Waals surface area contributed by atoms with Crippen LogP contribution < -0.4 is 15.4 Å². The van der Waals surface area contributed by atoms with Crippen molar-refractivity contribution in [3.05, 3.63) is 76.8 Å². The fraction of sp³-hybridized carbons (Fsp3) is 0.500. The molecule has 2 aliphatic heterocycles. The molecule has 2 aliphatic rings. The maximum absolute atomic E-state index is 13.6. The Labute approximate surface area is 281 Å². The summed E-state index contributed by atoms with van der Waals surface area (Å²) in [4.78, 5) is 54.0. The van der Waals surface area contributed by atoms with E-state index in [0.29, 0.717) is 16.3 Å². The third-order valence-electron chi connectivity index (χ3n) is 8.38. The maximum Gasteiger partial charge on any atom is 0.347 e. The first-order valence-corrected chi connectivity index (χ1v) is 16.5. The van der Waals surface area contributed by atoms with Crippen molar-refractivity contribution >= 4 is 35.4 Å². The van der Waals surface area contributed by atoms with Crippen LogP contribution in [0, 0.1) is 17.8 Å². The Hall–Kier alpha value is -3.89. The number of benzene rings is 2. The summed E-state index contributed by atoms with van der Waals surface area (Å²) in [6.45, 7) is 9.27. The van der Waals surface area contributed by atoms with E-state index < -0.39 is 48.0 Å². The van der Waals surface area contributed by atoms with Crippen molar-refractivity contribution in [2.45, 2.75) is 90.4 Å². The monoisotopic (exact) mass is 668 g/mol. The molecule has 1 fully saturated rings. The lowest BCUT2D eigenvalue weighted by atomic mass is 9.93. The molecule has 2 amide bonds. The predicted octanol–water partition coefficient (Wildman–Crippen LogP) is 5.12. The number of esters is 2. The average molecular weight is 669 g/mol. The van der Waals surface area contributed by atoms with Crippen LogP contribution in [0.25, 0.3) is 0 Å². The molecule has 0 bridgehead atoms. The predicted molar refractivity (Wildman–Crippen MR) is 177 cm³/mol. The van der Waals surface area contributed by atoms with Gasteiger partial charge in [0.25, 0.3) is 0 Å². The van der Waals surface area contributed by atoms with Crippen LogP contribution in [0.5, 0.6) is 5.75 Å². The second kappa shape index (κ2) is 16.3.